The number of H-pyrrole nitrogens is 1. The molecule has 0 saturated carbocycles. The first-order chi connectivity index (χ1) is 8.37. The summed E-state index contributed by atoms with van der Waals surface area (Å²) in [6.07, 6.45) is 0.465. The van der Waals surface area contributed by atoms with Crippen LogP contribution >= 0.6 is 0 Å². The highest BCUT2D eigenvalue weighted by molar-refractivity contribution is 5.96. The van der Waals surface area contributed by atoms with E-state index in [9.17, 15) is 9.90 Å². The summed E-state index contributed by atoms with van der Waals surface area (Å²) in [5.41, 5.74) is 0.942. The first-order valence-corrected chi connectivity index (χ1v) is 5.88. The van der Waals surface area contributed by atoms with Crippen molar-refractivity contribution in [1.82, 2.24) is 15.5 Å². The molecule has 1 aromatic rings. The molecule has 1 rings (SSSR count). The molecule has 0 spiro atoms. The lowest BCUT2D eigenvalue weighted by Crippen LogP contribution is -2.41. The smallest absolute Gasteiger partial charge is 0.255 e. The lowest BCUT2D eigenvalue weighted by atomic mass is 10.0. The van der Waals surface area contributed by atoms with E-state index in [2.05, 4.69) is 15.5 Å². The van der Waals surface area contributed by atoms with Crippen LogP contribution in [0.2, 0.25) is 0 Å². The Labute approximate surface area is 107 Å². The predicted molar refractivity (Wildman–Crippen MR) is 67.5 cm³/mol. The molecule has 6 heteroatoms. The number of aromatic amines is 1. The number of amides is 1. The zero-order valence-corrected chi connectivity index (χ0v) is 11.3. The van der Waals surface area contributed by atoms with Crippen LogP contribution in [0.4, 0.5) is 0 Å². The molecule has 6 nitrogen and oxygen atoms in total. The van der Waals surface area contributed by atoms with Gasteiger partial charge in [0.25, 0.3) is 5.91 Å². The van der Waals surface area contributed by atoms with Gasteiger partial charge in [0.1, 0.15) is 0 Å². The number of hydrogen-bond acceptors (Lipinski definition) is 4. The predicted octanol–water partition coefficient (Wildman–Crippen LogP) is 0.544. The molecule has 0 aliphatic carbocycles. The fourth-order valence-corrected chi connectivity index (χ4v) is 1.65. The fraction of sp³-hybridized carbons (Fsp3) is 0.667. The Morgan fingerprint density at radius 2 is 2.22 bits per heavy atom. The molecule has 1 amide bonds. The number of nitrogens with one attached hydrogen (secondary N) is 2. The molecular formula is C12H21N3O3. The Balaban J connectivity index is 2.56. The number of aromatic nitrogens is 2. The van der Waals surface area contributed by atoms with Crippen LogP contribution in [0.15, 0.2) is 0 Å². The molecule has 0 aliphatic heterocycles. The topological polar surface area (TPSA) is 87.2 Å². The second-order valence-electron chi connectivity index (χ2n) is 4.73. The average Bonchev–Trinajstić information content (AvgIpc) is 2.64. The van der Waals surface area contributed by atoms with Crippen molar-refractivity contribution < 1.29 is 14.6 Å². The van der Waals surface area contributed by atoms with Gasteiger partial charge in [0.2, 0.25) is 0 Å². The molecule has 1 unspecified atom stereocenters. The highest BCUT2D eigenvalue weighted by Crippen LogP contribution is 2.11. The van der Waals surface area contributed by atoms with Crippen LogP contribution in [-0.2, 0) is 4.74 Å². The molecule has 3 N–H and O–H groups in total. The Morgan fingerprint density at radius 3 is 2.72 bits per heavy atom. The van der Waals surface area contributed by atoms with Crippen molar-refractivity contribution in [2.75, 3.05) is 20.3 Å². The normalized spacial score (nSPS) is 14.3. The standard InChI is InChI=1S/C12H21N3O3/c1-8-10(9(2)15-14-8)11(16)13-7-12(3,17)5-6-18-4/h17H,5-7H2,1-4H3,(H,13,16)(H,14,15). The molecule has 0 bridgehead atoms. The molecular weight excluding hydrogens is 234 g/mol. The maximum absolute atomic E-state index is 12.0. The van der Waals surface area contributed by atoms with Gasteiger partial charge >= 0.3 is 0 Å². The maximum Gasteiger partial charge on any atom is 0.255 e. The zero-order valence-electron chi connectivity index (χ0n) is 11.3. The Kier molecular flexibility index (Phi) is 4.86. The van der Waals surface area contributed by atoms with Crippen molar-refractivity contribution in [3.8, 4) is 0 Å². The lowest BCUT2D eigenvalue weighted by Gasteiger charge is -2.23. The number of methoxy groups -OCH3 is 1. The molecule has 0 aliphatic rings. The number of aliphatic hydroxyl groups is 1. The van der Waals surface area contributed by atoms with Gasteiger partial charge in [-0.15, -0.1) is 0 Å². The minimum absolute atomic E-state index is 0.180. The third-order valence-electron chi connectivity index (χ3n) is 2.83. The minimum Gasteiger partial charge on any atom is -0.388 e. The molecule has 18 heavy (non-hydrogen) atoms. The Morgan fingerprint density at radius 1 is 1.56 bits per heavy atom. The molecule has 1 aromatic heterocycles. The average molecular weight is 255 g/mol. The molecule has 0 radical (unpaired) electrons. The van der Waals surface area contributed by atoms with Crippen molar-refractivity contribution in [2.45, 2.75) is 32.8 Å². The zero-order chi connectivity index (χ0) is 13.8. The van der Waals surface area contributed by atoms with Crippen LogP contribution in [-0.4, -0.2) is 47.1 Å². The first kappa shape index (κ1) is 14.7. The molecule has 0 fully saturated rings. The Bertz CT molecular complexity index is 393. The largest absolute Gasteiger partial charge is 0.388 e. The molecule has 0 aromatic carbocycles. The Hall–Kier alpha value is -1.40. The second-order valence-corrected chi connectivity index (χ2v) is 4.73. The van der Waals surface area contributed by atoms with Crippen LogP contribution < -0.4 is 5.32 Å². The summed E-state index contributed by atoms with van der Waals surface area (Å²) in [6, 6.07) is 0. The molecule has 102 valence electrons. The second kappa shape index (κ2) is 5.97. The van der Waals surface area contributed by atoms with Gasteiger partial charge in [-0.05, 0) is 20.8 Å². The van der Waals surface area contributed by atoms with Crippen LogP contribution in [0, 0.1) is 13.8 Å². The third-order valence-corrected chi connectivity index (χ3v) is 2.83. The van der Waals surface area contributed by atoms with Gasteiger partial charge in [-0.1, -0.05) is 0 Å². The summed E-state index contributed by atoms with van der Waals surface area (Å²) >= 11 is 0. The van der Waals surface area contributed by atoms with E-state index in [1.807, 2.05) is 0 Å². The molecule has 1 heterocycles. The summed E-state index contributed by atoms with van der Waals surface area (Å²) in [6.45, 7) is 5.85. The van der Waals surface area contributed by atoms with E-state index in [0.717, 1.165) is 5.69 Å². The quantitative estimate of drug-likeness (QED) is 0.692. The number of ether oxygens (including phenoxy) is 1. The van der Waals surface area contributed by atoms with Gasteiger partial charge in [0.15, 0.2) is 0 Å². The highest BCUT2D eigenvalue weighted by Gasteiger charge is 2.22. The van der Waals surface area contributed by atoms with Crippen LogP contribution in [0.25, 0.3) is 0 Å². The van der Waals surface area contributed by atoms with Crippen LogP contribution in [0.3, 0.4) is 0 Å². The van der Waals surface area contributed by atoms with E-state index in [4.69, 9.17) is 4.74 Å². The monoisotopic (exact) mass is 255 g/mol. The third kappa shape index (κ3) is 3.82. The van der Waals surface area contributed by atoms with Gasteiger partial charge < -0.3 is 15.2 Å². The van der Waals surface area contributed by atoms with Gasteiger partial charge in [-0.3, -0.25) is 9.89 Å². The van der Waals surface area contributed by atoms with Crippen molar-refractivity contribution in [3.05, 3.63) is 17.0 Å². The number of aryl methyl sites for hydroxylation is 2. The highest BCUT2D eigenvalue weighted by atomic mass is 16.5. The first-order valence-electron chi connectivity index (χ1n) is 5.88. The van der Waals surface area contributed by atoms with Crippen molar-refractivity contribution in [3.63, 3.8) is 0 Å². The molecule has 0 saturated heterocycles. The van der Waals surface area contributed by atoms with E-state index in [0.29, 0.717) is 24.3 Å². The maximum atomic E-state index is 12.0. The number of carbonyl (C=O) groups is 1. The van der Waals surface area contributed by atoms with E-state index in [-0.39, 0.29) is 12.5 Å². The summed E-state index contributed by atoms with van der Waals surface area (Å²) < 4.78 is 4.91. The number of hydrogen-bond donors (Lipinski definition) is 3. The molecule has 1 atom stereocenters. The summed E-state index contributed by atoms with van der Waals surface area (Å²) in [5.74, 6) is -0.226. The van der Waals surface area contributed by atoms with Crippen molar-refractivity contribution >= 4 is 5.91 Å². The SMILES string of the molecule is COCCC(C)(O)CNC(=O)c1c(C)n[nH]c1C. The number of rotatable bonds is 6. The van der Waals surface area contributed by atoms with Crippen LogP contribution in [0.1, 0.15) is 35.1 Å². The van der Waals surface area contributed by atoms with Crippen LogP contribution in [0.5, 0.6) is 0 Å². The van der Waals surface area contributed by atoms with E-state index in [1.165, 1.54) is 0 Å². The van der Waals surface area contributed by atoms with Crippen molar-refractivity contribution in [2.24, 2.45) is 0 Å². The van der Waals surface area contributed by atoms with E-state index < -0.39 is 5.60 Å². The van der Waals surface area contributed by atoms with Gasteiger partial charge in [-0.25, -0.2) is 0 Å². The summed E-state index contributed by atoms with van der Waals surface area (Å²) in [5, 5.41) is 19.4. The minimum atomic E-state index is -0.975. The summed E-state index contributed by atoms with van der Waals surface area (Å²) in [7, 11) is 1.58. The number of carbonyl (C=O) groups excluding carboxylic acids is 1. The lowest BCUT2D eigenvalue weighted by molar-refractivity contribution is 0.0243. The fourth-order valence-electron chi connectivity index (χ4n) is 1.65. The van der Waals surface area contributed by atoms with Gasteiger partial charge in [0, 0.05) is 32.4 Å². The van der Waals surface area contributed by atoms with Gasteiger partial charge in [-0.2, -0.15) is 5.10 Å². The van der Waals surface area contributed by atoms with E-state index >= 15 is 0 Å². The number of nitrogens with zero attached hydrogens (tertiary/aromatic N) is 1. The summed E-state index contributed by atoms with van der Waals surface area (Å²) in [4.78, 5) is 12.0. The van der Waals surface area contributed by atoms with E-state index in [1.54, 1.807) is 27.9 Å². The van der Waals surface area contributed by atoms with Gasteiger partial charge in [0.05, 0.1) is 16.9 Å². The van der Waals surface area contributed by atoms with Crippen molar-refractivity contribution in [1.29, 1.82) is 0 Å².